The fourth-order valence-electron chi connectivity index (χ4n) is 3.28. The SMILES string of the molecule is O=S(=O)(N[C@H]1COC2(CCNCC2)C1)c1cccc(C(F)(F)F)c1. The normalized spacial score (nSPS) is 24.4. The molecule has 0 saturated carbocycles. The highest BCUT2D eigenvalue weighted by atomic mass is 32.2. The summed E-state index contributed by atoms with van der Waals surface area (Å²) in [6, 6.07) is 3.33. The maximum absolute atomic E-state index is 12.8. The number of halogens is 3. The number of nitrogens with one attached hydrogen (secondary N) is 2. The molecule has 2 aliphatic rings. The molecule has 1 aromatic rings. The molecule has 0 unspecified atom stereocenters. The van der Waals surface area contributed by atoms with Crippen LogP contribution in [0.4, 0.5) is 13.2 Å². The predicted molar refractivity (Wildman–Crippen MR) is 81.0 cm³/mol. The molecular weight excluding hydrogens is 345 g/mol. The van der Waals surface area contributed by atoms with Crippen LogP contribution in [0.1, 0.15) is 24.8 Å². The lowest BCUT2D eigenvalue weighted by molar-refractivity contribution is -0.137. The van der Waals surface area contributed by atoms with Crippen molar-refractivity contribution in [2.45, 2.75) is 42.0 Å². The van der Waals surface area contributed by atoms with E-state index in [1.54, 1.807) is 0 Å². The molecule has 1 aromatic carbocycles. The van der Waals surface area contributed by atoms with Crippen LogP contribution < -0.4 is 10.0 Å². The van der Waals surface area contributed by atoms with Crippen molar-refractivity contribution in [2.24, 2.45) is 0 Å². The molecule has 3 rings (SSSR count). The van der Waals surface area contributed by atoms with Gasteiger partial charge in [-0.2, -0.15) is 13.2 Å². The van der Waals surface area contributed by atoms with Crippen molar-refractivity contribution in [3.8, 4) is 0 Å². The third kappa shape index (κ3) is 3.74. The number of hydrogen-bond donors (Lipinski definition) is 2. The first-order chi connectivity index (χ1) is 11.2. The molecule has 0 radical (unpaired) electrons. The zero-order valence-corrected chi connectivity index (χ0v) is 13.7. The smallest absolute Gasteiger partial charge is 0.373 e. The Balaban J connectivity index is 1.73. The van der Waals surface area contributed by atoms with Gasteiger partial charge >= 0.3 is 6.18 Å². The highest BCUT2D eigenvalue weighted by molar-refractivity contribution is 7.89. The number of benzene rings is 1. The molecule has 1 spiro atoms. The molecule has 134 valence electrons. The predicted octanol–water partition coefficient (Wildman–Crippen LogP) is 1.89. The lowest BCUT2D eigenvalue weighted by Crippen LogP contribution is -2.43. The summed E-state index contributed by atoms with van der Waals surface area (Å²) in [5, 5.41) is 3.22. The Labute approximate surface area is 138 Å². The van der Waals surface area contributed by atoms with E-state index in [4.69, 9.17) is 4.74 Å². The van der Waals surface area contributed by atoms with Crippen LogP contribution in [0.5, 0.6) is 0 Å². The summed E-state index contributed by atoms with van der Waals surface area (Å²) in [4.78, 5) is -0.386. The molecule has 24 heavy (non-hydrogen) atoms. The number of ether oxygens (including phenoxy) is 1. The van der Waals surface area contributed by atoms with Crippen molar-refractivity contribution in [1.29, 1.82) is 0 Å². The first kappa shape index (κ1) is 17.7. The van der Waals surface area contributed by atoms with Crippen LogP contribution >= 0.6 is 0 Å². The van der Waals surface area contributed by atoms with Crippen LogP contribution in [0.15, 0.2) is 29.2 Å². The van der Waals surface area contributed by atoms with E-state index in [2.05, 4.69) is 10.0 Å². The maximum Gasteiger partial charge on any atom is 0.416 e. The second kappa shape index (κ2) is 6.29. The molecule has 2 aliphatic heterocycles. The van der Waals surface area contributed by atoms with Gasteiger partial charge in [0.05, 0.1) is 22.7 Å². The molecule has 2 N–H and O–H groups in total. The van der Waals surface area contributed by atoms with Gasteiger partial charge < -0.3 is 10.1 Å². The molecule has 0 amide bonds. The highest BCUT2D eigenvalue weighted by Crippen LogP contribution is 2.35. The second-order valence-electron chi connectivity index (χ2n) is 6.29. The van der Waals surface area contributed by atoms with E-state index in [-0.39, 0.29) is 17.1 Å². The molecular formula is C15H19F3N2O3S. The third-order valence-electron chi connectivity index (χ3n) is 4.52. The zero-order chi connectivity index (χ0) is 17.4. The van der Waals surface area contributed by atoms with Gasteiger partial charge in [-0.3, -0.25) is 0 Å². The molecule has 9 heteroatoms. The fraction of sp³-hybridized carbons (Fsp3) is 0.600. The standard InChI is InChI=1S/C15H19F3N2O3S/c16-15(17,18)11-2-1-3-13(8-11)24(21,22)20-12-9-14(23-10-12)4-6-19-7-5-14/h1-3,8,12,19-20H,4-7,9-10H2/t12-/m1/s1. The van der Waals surface area contributed by atoms with E-state index in [9.17, 15) is 21.6 Å². The molecule has 0 aromatic heterocycles. The zero-order valence-electron chi connectivity index (χ0n) is 12.9. The van der Waals surface area contributed by atoms with Crippen LogP contribution in [0.25, 0.3) is 0 Å². The summed E-state index contributed by atoms with van der Waals surface area (Å²) in [6.07, 6.45) is -2.45. The first-order valence-corrected chi connectivity index (χ1v) is 9.23. The largest absolute Gasteiger partial charge is 0.416 e. The topological polar surface area (TPSA) is 67.4 Å². The Morgan fingerprint density at radius 1 is 1.25 bits per heavy atom. The van der Waals surface area contributed by atoms with Crippen molar-refractivity contribution in [3.63, 3.8) is 0 Å². The number of sulfonamides is 1. The van der Waals surface area contributed by atoms with Crippen LogP contribution in [0, 0.1) is 0 Å². The molecule has 2 saturated heterocycles. The minimum Gasteiger partial charge on any atom is -0.373 e. The molecule has 0 aliphatic carbocycles. The van der Waals surface area contributed by atoms with Crippen LogP contribution in [-0.2, 0) is 20.9 Å². The van der Waals surface area contributed by atoms with Gasteiger partial charge in [0, 0.05) is 6.04 Å². The van der Waals surface area contributed by atoms with Crippen molar-refractivity contribution in [3.05, 3.63) is 29.8 Å². The van der Waals surface area contributed by atoms with Gasteiger partial charge in [-0.15, -0.1) is 0 Å². The summed E-state index contributed by atoms with van der Waals surface area (Å²) in [5.41, 5.74) is -1.31. The lowest BCUT2D eigenvalue weighted by Gasteiger charge is -2.32. The summed E-state index contributed by atoms with van der Waals surface area (Å²) in [7, 11) is -4.03. The first-order valence-electron chi connectivity index (χ1n) is 7.75. The Morgan fingerprint density at radius 2 is 1.96 bits per heavy atom. The minimum absolute atomic E-state index is 0.234. The summed E-state index contributed by atoms with van der Waals surface area (Å²) >= 11 is 0. The van der Waals surface area contributed by atoms with Gasteiger partial charge in [-0.05, 0) is 50.6 Å². The van der Waals surface area contributed by atoms with Crippen molar-refractivity contribution in [1.82, 2.24) is 10.0 Å². The number of piperidine rings is 1. The summed E-state index contributed by atoms with van der Waals surface area (Å²) < 4.78 is 71.3. The molecule has 1 atom stereocenters. The minimum atomic E-state index is -4.58. The average Bonchev–Trinajstić information content (AvgIpc) is 2.89. The van der Waals surface area contributed by atoms with E-state index < -0.39 is 27.8 Å². The lowest BCUT2D eigenvalue weighted by atomic mass is 9.88. The van der Waals surface area contributed by atoms with Crippen LogP contribution in [-0.4, -0.2) is 39.8 Å². The van der Waals surface area contributed by atoms with Gasteiger partial charge in [0.25, 0.3) is 0 Å². The van der Waals surface area contributed by atoms with E-state index in [1.165, 1.54) is 0 Å². The molecule has 0 bridgehead atoms. The molecule has 2 heterocycles. The Bertz CT molecular complexity index is 700. The van der Waals surface area contributed by atoms with Crippen LogP contribution in [0.2, 0.25) is 0 Å². The Morgan fingerprint density at radius 3 is 2.62 bits per heavy atom. The highest BCUT2D eigenvalue weighted by Gasteiger charge is 2.42. The maximum atomic E-state index is 12.8. The molecule has 5 nitrogen and oxygen atoms in total. The van der Waals surface area contributed by atoms with E-state index in [0.717, 1.165) is 44.1 Å². The van der Waals surface area contributed by atoms with Gasteiger partial charge in [-0.1, -0.05) is 6.07 Å². The van der Waals surface area contributed by atoms with E-state index >= 15 is 0 Å². The number of hydrogen-bond acceptors (Lipinski definition) is 4. The fourth-order valence-corrected chi connectivity index (χ4v) is 4.54. The van der Waals surface area contributed by atoms with Crippen molar-refractivity contribution < 1.29 is 26.3 Å². The van der Waals surface area contributed by atoms with Gasteiger partial charge in [0.1, 0.15) is 0 Å². The van der Waals surface area contributed by atoms with Crippen LogP contribution in [0.3, 0.4) is 0 Å². The summed E-state index contributed by atoms with van der Waals surface area (Å²) in [6.45, 7) is 1.86. The monoisotopic (exact) mass is 364 g/mol. The van der Waals surface area contributed by atoms with E-state index in [1.807, 2.05) is 0 Å². The Kier molecular flexibility index (Phi) is 4.63. The van der Waals surface area contributed by atoms with Crippen molar-refractivity contribution >= 4 is 10.0 Å². The van der Waals surface area contributed by atoms with Gasteiger partial charge in [0.15, 0.2) is 0 Å². The third-order valence-corrected chi connectivity index (χ3v) is 6.04. The number of rotatable bonds is 3. The Hall–Kier alpha value is -1.16. The van der Waals surface area contributed by atoms with Crippen molar-refractivity contribution in [2.75, 3.05) is 19.7 Å². The number of alkyl halides is 3. The average molecular weight is 364 g/mol. The van der Waals surface area contributed by atoms with Gasteiger partial charge in [-0.25, -0.2) is 13.1 Å². The second-order valence-corrected chi connectivity index (χ2v) is 8.01. The quantitative estimate of drug-likeness (QED) is 0.860. The molecule has 2 fully saturated rings. The van der Waals surface area contributed by atoms with E-state index in [0.29, 0.717) is 12.5 Å². The van der Waals surface area contributed by atoms with Gasteiger partial charge in [0.2, 0.25) is 10.0 Å². The summed E-state index contributed by atoms with van der Waals surface area (Å²) in [5.74, 6) is 0.